The summed E-state index contributed by atoms with van der Waals surface area (Å²) in [7, 11) is 0. The van der Waals surface area contributed by atoms with Gasteiger partial charge in [-0.1, -0.05) is 51.2 Å². The van der Waals surface area contributed by atoms with Crippen LogP contribution in [0.4, 0.5) is 10.8 Å². The van der Waals surface area contributed by atoms with Crippen molar-refractivity contribution in [2.24, 2.45) is 0 Å². The Balaban J connectivity index is 1.48. The highest BCUT2D eigenvalue weighted by molar-refractivity contribution is 9.10. The molecule has 0 saturated heterocycles. The Bertz CT molecular complexity index is 827. The lowest BCUT2D eigenvalue weighted by Gasteiger charge is -2.09. The molecule has 26 heavy (non-hydrogen) atoms. The van der Waals surface area contributed by atoms with Gasteiger partial charge in [0, 0.05) is 10.2 Å². The van der Waals surface area contributed by atoms with E-state index in [1.54, 1.807) is 11.8 Å². The predicted molar refractivity (Wildman–Crippen MR) is 111 cm³/mol. The molecule has 3 aromatic rings. The molecular formula is C18H18BrN3O2S2. The number of hydrogen-bond acceptors (Lipinski definition) is 7. The monoisotopic (exact) mass is 451 g/mol. The zero-order valence-corrected chi connectivity index (χ0v) is 17.4. The van der Waals surface area contributed by atoms with Crippen LogP contribution in [-0.2, 0) is 0 Å². The molecule has 5 nitrogen and oxygen atoms in total. The van der Waals surface area contributed by atoms with Crippen LogP contribution in [0.1, 0.15) is 6.92 Å². The second kappa shape index (κ2) is 9.80. The maximum absolute atomic E-state index is 5.71. The normalized spacial score (nSPS) is 10.5. The predicted octanol–water partition coefficient (Wildman–Crippen LogP) is 5.61. The molecule has 136 valence electrons. The van der Waals surface area contributed by atoms with E-state index >= 15 is 0 Å². The van der Waals surface area contributed by atoms with Crippen LogP contribution in [0.5, 0.6) is 11.5 Å². The summed E-state index contributed by atoms with van der Waals surface area (Å²) in [5, 5.41) is 12.4. The molecule has 0 unspecified atom stereocenters. The van der Waals surface area contributed by atoms with E-state index in [9.17, 15) is 0 Å². The van der Waals surface area contributed by atoms with E-state index in [0.29, 0.717) is 13.2 Å². The number of ether oxygens (including phenoxy) is 2. The fraction of sp³-hybridized carbons (Fsp3) is 0.222. The van der Waals surface area contributed by atoms with Gasteiger partial charge in [0.2, 0.25) is 5.13 Å². The average molecular weight is 452 g/mol. The van der Waals surface area contributed by atoms with Crippen LogP contribution in [0.15, 0.2) is 57.3 Å². The molecule has 0 aliphatic heterocycles. The third-order valence-electron chi connectivity index (χ3n) is 3.23. The maximum Gasteiger partial charge on any atom is 0.210 e. The van der Waals surface area contributed by atoms with Crippen LogP contribution in [-0.4, -0.2) is 29.2 Å². The Morgan fingerprint density at radius 3 is 2.69 bits per heavy atom. The number of halogens is 1. The first kappa shape index (κ1) is 19.0. The van der Waals surface area contributed by atoms with Gasteiger partial charge in [-0.15, -0.1) is 10.2 Å². The van der Waals surface area contributed by atoms with Crippen molar-refractivity contribution >= 4 is 49.8 Å². The van der Waals surface area contributed by atoms with E-state index in [4.69, 9.17) is 9.47 Å². The van der Waals surface area contributed by atoms with Crippen molar-refractivity contribution in [3.8, 4) is 11.5 Å². The van der Waals surface area contributed by atoms with Gasteiger partial charge in [-0.25, -0.2) is 0 Å². The van der Waals surface area contributed by atoms with Gasteiger partial charge in [-0.05, 0) is 43.3 Å². The van der Waals surface area contributed by atoms with Gasteiger partial charge in [0.25, 0.3) is 0 Å². The Morgan fingerprint density at radius 1 is 1.08 bits per heavy atom. The first-order chi connectivity index (χ1) is 12.7. The van der Waals surface area contributed by atoms with Gasteiger partial charge in [0.15, 0.2) is 4.34 Å². The van der Waals surface area contributed by atoms with Crippen LogP contribution >= 0.6 is 39.0 Å². The van der Waals surface area contributed by atoms with Crippen molar-refractivity contribution in [1.82, 2.24) is 10.2 Å². The summed E-state index contributed by atoms with van der Waals surface area (Å²) < 4.78 is 13.3. The molecule has 1 heterocycles. The van der Waals surface area contributed by atoms with Crippen molar-refractivity contribution in [2.45, 2.75) is 11.3 Å². The SMILES string of the molecule is CCOc1ccccc1Nc1nnc(SCCOc2ccc(Br)cc2)s1. The van der Waals surface area contributed by atoms with Crippen molar-refractivity contribution in [3.63, 3.8) is 0 Å². The van der Waals surface area contributed by atoms with E-state index in [0.717, 1.165) is 36.9 Å². The van der Waals surface area contributed by atoms with Crippen LogP contribution in [0.2, 0.25) is 0 Å². The fourth-order valence-corrected chi connectivity index (χ4v) is 4.02. The van der Waals surface area contributed by atoms with Gasteiger partial charge in [0.05, 0.1) is 18.9 Å². The summed E-state index contributed by atoms with van der Waals surface area (Å²) in [6.45, 7) is 3.20. The summed E-state index contributed by atoms with van der Waals surface area (Å²) in [4.78, 5) is 0. The zero-order valence-electron chi connectivity index (χ0n) is 14.1. The molecule has 0 aliphatic rings. The number of anilines is 2. The van der Waals surface area contributed by atoms with E-state index in [2.05, 4.69) is 31.4 Å². The molecule has 0 amide bonds. The number of rotatable bonds is 9. The van der Waals surface area contributed by atoms with Crippen LogP contribution < -0.4 is 14.8 Å². The summed E-state index contributed by atoms with van der Waals surface area (Å²) in [6, 6.07) is 15.6. The first-order valence-electron chi connectivity index (χ1n) is 8.08. The minimum atomic E-state index is 0.613. The van der Waals surface area contributed by atoms with Gasteiger partial charge in [0.1, 0.15) is 11.5 Å². The maximum atomic E-state index is 5.71. The van der Waals surface area contributed by atoms with E-state index in [1.807, 2.05) is 55.5 Å². The number of thioether (sulfide) groups is 1. The number of hydrogen-bond donors (Lipinski definition) is 1. The number of nitrogens with zero attached hydrogens (tertiary/aromatic N) is 2. The second-order valence-electron chi connectivity index (χ2n) is 5.08. The lowest BCUT2D eigenvalue weighted by molar-refractivity contribution is 0.342. The standard InChI is InChI=1S/C18H18BrN3O2S2/c1-2-23-16-6-4-3-5-15(16)20-17-21-22-18(26-17)25-12-11-24-14-9-7-13(19)8-10-14/h3-10H,2,11-12H2,1H3,(H,20,21). The Hall–Kier alpha value is -1.77. The molecule has 1 N–H and O–H groups in total. The highest BCUT2D eigenvalue weighted by atomic mass is 79.9. The summed E-state index contributed by atoms with van der Waals surface area (Å²) in [5.41, 5.74) is 0.889. The quantitative estimate of drug-likeness (QED) is 0.336. The van der Waals surface area contributed by atoms with E-state index in [1.165, 1.54) is 11.3 Å². The summed E-state index contributed by atoms with van der Waals surface area (Å²) >= 11 is 6.55. The molecular weight excluding hydrogens is 434 g/mol. The van der Waals surface area contributed by atoms with Gasteiger partial charge >= 0.3 is 0 Å². The van der Waals surface area contributed by atoms with Crippen molar-refractivity contribution < 1.29 is 9.47 Å². The van der Waals surface area contributed by atoms with Gasteiger partial charge in [-0.2, -0.15) is 0 Å². The number of nitrogens with one attached hydrogen (secondary N) is 1. The number of aromatic nitrogens is 2. The summed E-state index contributed by atoms with van der Waals surface area (Å²) in [6.07, 6.45) is 0. The highest BCUT2D eigenvalue weighted by Gasteiger charge is 2.08. The molecule has 0 spiro atoms. The molecule has 0 aliphatic carbocycles. The zero-order chi connectivity index (χ0) is 18.2. The fourth-order valence-electron chi connectivity index (χ4n) is 2.10. The molecule has 0 fully saturated rings. The van der Waals surface area contributed by atoms with Crippen LogP contribution in [0, 0.1) is 0 Å². The third kappa shape index (κ3) is 5.62. The lowest BCUT2D eigenvalue weighted by atomic mass is 10.3. The van der Waals surface area contributed by atoms with Crippen molar-refractivity contribution in [3.05, 3.63) is 53.0 Å². The Kier molecular flexibility index (Phi) is 7.16. The van der Waals surface area contributed by atoms with Gasteiger partial charge < -0.3 is 14.8 Å². The van der Waals surface area contributed by atoms with E-state index < -0.39 is 0 Å². The molecule has 0 radical (unpaired) electrons. The van der Waals surface area contributed by atoms with E-state index in [-0.39, 0.29) is 0 Å². The largest absolute Gasteiger partial charge is 0.493 e. The van der Waals surface area contributed by atoms with Crippen molar-refractivity contribution in [1.29, 1.82) is 0 Å². The smallest absolute Gasteiger partial charge is 0.210 e. The number of para-hydroxylation sites is 2. The van der Waals surface area contributed by atoms with Crippen LogP contribution in [0.25, 0.3) is 0 Å². The molecule has 0 saturated carbocycles. The average Bonchev–Trinajstić information content (AvgIpc) is 3.09. The molecule has 0 atom stereocenters. The van der Waals surface area contributed by atoms with Crippen LogP contribution in [0.3, 0.4) is 0 Å². The Morgan fingerprint density at radius 2 is 1.88 bits per heavy atom. The topological polar surface area (TPSA) is 56.3 Å². The minimum absolute atomic E-state index is 0.613. The minimum Gasteiger partial charge on any atom is -0.493 e. The molecule has 2 aromatic carbocycles. The third-order valence-corrected chi connectivity index (χ3v) is 5.69. The molecule has 1 aromatic heterocycles. The lowest BCUT2D eigenvalue weighted by Crippen LogP contribution is -1.99. The Labute approximate surface area is 169 Å². The first-order valence-corrected chi connectivity index (χ1v) is 10.7. The second-order valence-corrected chi connectivity index (χ2v) is 8.31. The molecule has 3 rings (SSSR count). The van der Waals surface area contributed by atoms with Gasteiger partial charge in [-0.3, -0.25) is 0 Å². The highest BCUT2D eigenvalue weighted by Crippen LogP contribution is 2.31. The number of benzene rings is 2. The summed E-state index contributed by atoms with van der Waals surface area (Å²) in [5.74, 6) is 2.48. The molecule has 8 heteroatoms. The molecule has 0 bridgehead atoms. The van der Waals surface area contributed by atoms with Crippen molar-refractivity contribution in [2.75, 3.05) is 24.3 Å².